The van der Waals surface area contributed by atoms with Gasteiger partial charge >= 0.3 is 5.97 Å². The maximum atomic E-state index is 12.5. The summed E-state index contributed by atoms with van der Waals surface area (Å²) in [5.41, 5.74) is 0.225. The number of amides is 1. The molecule has 1 unspecified atom stereocenters. The molecule has 0 heterocycles. The number of nitrogens with one attached hydrogen (secondary N) is 1. The van der Waals surface area contributed by atoms with Crippen LogP contribution in [0.5, 0.6) is 0 Å². The lowest BCUT2D eigenvalue weighted by Gasteiger charge is -2.29. The highest BCUT2D eigenvalue weighted by molar-refractivity contribution is 5.87. The van der Waals surface area contributed by atoms with Crippen molar-refractivity contribution in [2.75, 3.05) is 0 Å². The van der Waals surface area contributed by atoms with Crippen LogP contribution in [0.15, 0.2) is 30.3 Å². The van der Waals surface area contributed by atoms with E-state index in [1.165, 1.54) is 0 Å². The Hall–Kier alpha value is -1.84. The summed E-state index contributed by atoms with van der Waals surface area (Å²) < 4.78 is 0. The van der Waals surface area contributed by atoms with Gasteiger partial charge in [-0.25, -0.2) is 0 Å². The number of rotatable bonds is 6. The van der Waals surface area contributed by atoms with E-state index in [0.29, 0.717) is 0 Å². The molecule has 0 saturated carbocycles. The number of hydrogen-bond acceptors (Lipinski definition) is 2. The van der Waals surface area contributed by atoms with Gasteiger partial charge in [0, 0.05) is 6.04 Å². The lowest BCUT2D eigenvalue weighted by molar-refractivity contribution is -0.138. The summed E-state index contributed by atoms with van der Waals surface area (Å²) in [5, 5.41) is 11.8. The van der Waals surface area contributed by atoms with Gasteiger partial charge in [0.1, 0.15) is 0 Å². The molecule has 1 rings (SSSR count). The minimum Gasteiger partial charge on any atom is -0.481 e. The molecule has 1 amide bonds. The summed E-state index contributed by atoms with van der Waals surface area (Å²) in [5.74, 6) is -0.980. The van der Waals surface area contributed by atoms with Crippen molar-refractivity contribution in [2.45, 2.75) is 45.6 Å². The summed E-state index contributed by atoms with van der Waals surface area (Å²) in [6.07, 6.45) is -0.0612. The molecule has 0 fully saturated rings. The fourth-order valence-corrected chi connectivity index (χ4v) is 1.98. The van der Waals surface area contributed by atoms with E-state index < -0.39 is 11.4 Å². The summed E-state index contributed by atoms with van der Waals surface area (Å²) in [4.78, 5) is 23.3. The SMILES string of the molecule is CC(C)C(CC(=O)O)NC(=O)C(C)(C)c1ccccc1. The number of benzene rings is 1. The van der Waals surface area contributed by atoms with Crippen molar-refractivity contribution < 1.29 is 14.7 Å². The molecule has 0 radical (unpaired) electrons. The Balaban J connectivity index is 2.85. The van der Waals surface area contributed by atoms with Gasteiger partial charge in [0.25, 0.3) is 0 Å². The third-order valence-electron chi connectivity index (χ3n) is 3.58. The van der Waals surface area contributed by atoms with Crippen molar-refractivity contribution in [1.29, 1.82) is 0 Å². The van der Waals surface area contributed by atoms with Gasteiger partial charge in [-0.1, -0.05) is 44.2 Å². The van der Waals surface area contributed by atoms with Crippen molar-refractivity contribution in [3.05, 3.63) is 35.9 Å². The highest BCUT2D eigenvalue weighted by Gasteiger charge is 2.32. The first-order valence-electron chi connectivity index (χ1n) is 6.83. The quantitative estimate of drug-likeness (QED) is 0.840. The zero-order valence-electron chi connectivity index (χ0n) is 12.5. The van der Waals surface area contributed by atoms with Crippen LogP contribution in [-0.2, 0) is 15.0 Å². The second-order valence-electron chi connectivity index (χ2n) is 5.91. The van der Waals surface area contributed by atoms with Crippen LogP contribution in [0.3, 0.4) is 0 Å². The molecular formula is C16H23NO3. The molecular weight excluding hydrogens is 254 g/mol. The Labute approximate surface area is 120 Å². The molecule has 2 N–H and O–H groups in total. The summed E-state index contributed by atoms with van der Waals surface area (Å²) in [6.45, 7) is 7.50. The second-order valence-corrected chi connectivity index (χ2v) is 5.91. The average Bonchev–Trinajstić information content (AvgIpc) is 2.38. The van der Waals surface area contributed by atoms with Crippen molar-refractivity contribution in [3.8, 4) is 0 Å². The van der Waals surface area contributed by atoms with Crippen LogP contribution >= 0.6 is 0 Å². The van der Waals surface area contributed by atoms with Crippen LogP contribution in [0, 0.1) is 5.92 Å². The molecule has 0 bridgehead atoms. The first-order valence-corrected chi connectivity index (χ1v) is 6.83. The number of carboxylic acid groups (broad SMARTS) is 1. The molecule has 4 heteroatoms. The van der Waals surface area contributed by atoms with Gasteiger partial charge < -0.3 is 10.4 Å². The van der Waals surface area contributed by atoms with Crippen LogP contribution in [0.1, 0.15) is 39.7 Å². The van der Waals surface area contributed by atoms with Crippen molar-refractivity contribution in [2.24, 2.45) is 5.92 Å². The number of carboxylic acids is 1. The lowest BCUT2D eigenvalue weighted by atomic mass is 9.83. The van der Waals surface area contributed by atoms with E-state index in [2.05, 4.69) is 5.32 Å². The monoisotopic (exact) mass is 277 g/mol. The summed E-state index contributed by atoms with van der Waals surface area (Å²) in [7, 11) is 0. The normalized spacial score (nSPS) is 13.1. The zero-order valence-corrected chi connectivity index (χ0v) is 12.5. The molecule has 20 heavy (non-hydrogen) atoms. The van der Waals surface area contributed by atoms with E-state index >= 15 is 0 Å². The third-order valence-corrected chi connectivity index (χ3v) is 3.58. The molecule has 0 aliphatic heterocycles. The topological polar surface area (TPSA) is 66.4 Å². The van der Waals surface area contributed by atoms with Gasteiger partial charge in [-0.2, -0.15) is 0 Å². The average molecular weight is 277 g/mol. The van der Waals surface area contributed by atoms with Gasteiger partial charge in [0.05, 0.1) is 11.8 Å². The molecule has 0 aliphatic carbocycles. The molecule has 110 valence electrons. The van der Waals surface area contributed by atoms with Crippen LogP contribution in [0.25, 0.3) is 0 Å². The molecule has 4 nitrogen and oxygen atoms in total. The fraction of sp³-hybridized carbons (Fsp3) is 0.500. The van der Waals surface area contributed by atoms with Gasteiger partial charge in [-0.3, -0.25) is 9.59 Å². The molecule has 0 aromatic heterocycles. The van der Waals surface area contributed by atoms with Crippen molar-refractivity contribution in [1.82, 2.24) is 5.32 Å². The van der Waals surface area contributed by atoms with Crippen LogP contribution in [-0.4, -0.2) is 23.0 Å². The largest absolute Gasteiger partial charge is 0.481 e. The van der Waals surface area contributed by atoms with E-state index in [4.69, 9.17) is 5.11 Å². The third kappa shape index (κ3) is 4.08. The van der Waals surface area contributed by atoms with Gasteiger partial charge in [0.2, 0.25) is 5.91 Å². The van der Waals surface area contributed by atoms with Gasteiger partial charge in [-0.15, -0.1) is 0 Å². The number of carbonyl (C=O) groups is 2. The van der Waals surface area contributed by atoms with Crippen LogP contribution < -0.4 is 5.32 Å². The Morgan fingerprint density at radius 1 is 1.20 bits per heavy atom. The Morgan fingerprint density at radius 2 is 1.75 bits per heavy atom. The van der Waals surface area contributed by atoms with E-state index in [9.17, 15) is 9.59 Å². The second kappa shape index (κ2) is 6.55. The highest BCUT2D eigenvalue weighted by Crippen LogP contribution is 2.23. The maximum Gasteiger partial charge on any atom is 0.305 e. The molecule has 0 aliphatic rings. The number of carbonyl (C=O) groups excluding carboxylic acids is 1. The Morgan fingerprint density at radius 3 is 2.20 bits per heavy atom. The molecule has 0 saturated heterocycles. The van der Waals surface area contributed by atoms with E-state index in [-0.39, 0.29) is 24.3 Å². The predicted octanol–water partition coefficient (Wildman–Crippen LogP) is 2.58. The van der Waals surface area contributed by atoms with E-state index in [0.717, 1.165) is 5.56 Å². The number of hydrogen-bond donors (Lipinski definition) is 2. The van der Waals surface area contributed by atoms with Gasteiger partial charge in [-0.05, 0) is 25.3 Å². The Bertz CT molecular complexity index is 466. The van der Waals surface area contributed by atoms with Crippen molar-refractivity contribution in [3.63, 3.8) is 0 Å². The van der Waals surface area contributed by atoms with E-state index in [1.807, 2.05) is 58.0 Å². The Kier molecular flexibility index (Phi) is 5.31. The first-order chi connectivity index (χ1) is 9.25. The highest BCUT2D eigenvalue weighted by atomic mass is 16.4. The smallest absolute Gasteiger partial charge is 0.305 e. The molecule has 1 aromatic carbocycles. The summed E-state index contributed by atoms with van der Waals surface area (Å²) >= 11 is 0. The lowest BCUT2D eigenvalue weighted by Crippen LogP contribution is -2.47. The standard InChI is InChI=1S/C16H23NO3/c1-11(2)13(10-14(18)19)17-15(20)16(3,4)12-8-6-5-7-9-12/h5-9,11,13H,10H2,1-4H3,(H,17,20)(H,18,19). The molecule has 0 spiro atoms. The van der Waals surface area contributed by atoms with Crippen LogP contribution in [0.2, 0.25) is 0 Å². The number of aliphatic carboxylic acids is 1. The van der Waals surface area contributed by atoms with Crippen molar-refractivity contribution >= 4 is 11.9 Å². The maximum absolute atomic E-state index is 12.5. The predicted molar refractivity (Wildman–Crippen MR) is 78.5 cm³/mol. The summed E-state index contributed by atoms with van der Waals surface area (Å²) in [6, 6.07) is 9.13. The van der Waals surface area contributed by atoms with Gasteiger partial charge in [0.15, 0.2) is 0 Å². The zero-order chi connectivity index (χ0) is 15.3. The first kappa shape index (κ1) is 16.2. The molecule has 1 atom stereocenters. The fourth-order valence-electron chi connectivity index (χ4n) is 1.98. The minimum absolute atomic E-state index is 0.0612. The van der Waals surface area contributed by atoms with E-state index in [1.54, 1.807) is 0 Å². The van der Waals surface area contributed by atoms with Crippen LogP contribution in [0.4, 0.5) is 0 Å². The minimum atomic E-state index is -0.901. The molecule has 1 aromatic rings.